The van der Waals surface area contributed by atoms with Crippen LogP contribution in [0, 0.1) is 0 Å². The summed E-state index contributed by atoms with van der Waals surface area (Å²) in [5.74, 6) is 0.246. The summed E-state index contributed by atoms with van der Waals surface area (Å²) >= 11 is 0. The Morgan fingerprint density at radius 2 is 2.24 bits per heavy atom. The molecular weight excluding hydrogens is 216 g/mol. The number of nitrogens with one attached hydrogen (secondary N) is 1. The monoisotopic (exact) mass is 240 g/mol. The minimum Gasteiger partial charge on any atom is -0.373 e. The highest BCUT2D eigenvalue weighted by Crippen LogP contribution is 2.28. The molecule has 0 aliphatic carbocycles. The molecule has 0 saturated carbocycles. The van der Waals surface area contributed by atoms with Crippen LogP contribution in [0.4, 0.5) is 0 Å². The van der Waals surface area contributed by atoms with Gasteiger partial charge >= 0.3 is 0 Å². The molecule has 0 aromatic heterocycles. The molecule has 0 spiro atoms. The first kappa shape index (κ1) is 12.8. The van der Waals surface area contributed by atoms with Crippen molar-refractivity contribution >= 4 is 5.91 Å². The van der Waals surface area contributed by atoms with Gasteiger partial charge < -0.3 is 9.64 Å². The quantitative estimate of drug-likeness (QED) is 0.809. The first-order chi connectivity index (χ1) is 8.09. The Kier molecular flexibility index (Phi) is 3.73. The molecular formula is C13H24N2O2. The molecule has 1 N–H and O–H groups in total. The van der Waals surface area contributed by atoms with Gasteiger partial charge in [0, 0.05) is 6.61 Å². The molecule has 2 aliphatic rings. The SMILES string of the molecule is CCC1NC(CC)N(CC2(C)CCCO2)C1=O. The van der Waals surface area contributed by atoms with Crippen LogP contribution in [0.15, 0.2) is 0 Å². The molecule has 98 valence electrons. The second kappa shape index (κ2) is 4.94. The van der Waals surface area contributed by atoms with Crippen molar-refractivity contribution in [1.82, 2.24) is 10.2 Å². The molecule has 4 nitrogen and oxygen atoms in total. The molecule has 2 aliphatic heterocycles. The number of hydrogen-bond donors (Lipinski definition) is 1. The Labute approximate surface area is 104 Å². The number of amides is 1. The van der Waals surface area contributed by atoms with Crippen LogP contribution >= 0.6 is 0 Å². The predicted octanol–water partition coefficient (Wildman–Crippen LogP) is 1.50. The van der Waals surface area contributed by atoms with Crippen molar-refractivity contribution < 1.29 is 9.53 Å². The highest BCUT2D eigenvalue weighted by Gasteiger charge is 2.42. The van der Waals surface area contributed by atoms with E-state index in [1.807, 2.05) is 4.90 Å². The Morgan fingerprint density at radius 3 is 2.76 bits per heavy atom. The number of rotatable bonds is 4. The van der Waals surface area contributed by atoms with Crippen LogP contribution in [0.2, 0.25) is 0 Å². The smallest absolute Gasteiger partial charge is 0.241 e. The number of nitrogens with zero attached hydrogens (tertiary/aromatic N) is 1. The summed E-state index contributed by atoms with van der Waals surface area (Å²) in [6.45, 7) is 7.86. The minimum absolute atomic E-state index is 0.00459. The van der Waals surface area contributed by atoms with Crippen molar-refractivity contribution in [3.63, 3.8) is 0 Å². The third-order valence-electron chi connectivity index (χ3n) is 3.95. The molecule has 17 heavy (non-hydrogen) atoms. The lowest BCUT2D eigenvalue weighted by Crippen LogP contribution is -2.46. The number of carbonyl (C=O) groups excluding carboxylic acids is 1. The van der Waals surface area contributed by atoms with Gasteiger partial charge in [-0.1, -0.05) is 13.8 Å². The van der Waals surface area contributed by atoms with Crippen LogP contribution in [0.3, 0.4) is 0 Å². The average Bonchev–Trinajstić information content (AvgIpc) is 2.86. The third kappa shape index (κ3) is 2.47. The van der Waals surface area contributed by atoms with Gasteiger partial charge in [-0.3, -0.25) is 10.1 Å². The Balaban J connectivity index is 2.05. The van der Waals surface area contributed by atoms with E-state index in [9.17, 15) is 4.79 Å². The zero-order valence-corrected chi connectivity index (χ0v) is 11.2. The van der Waals surface area contributed by atoms with Gasteiger partial charge in [0.2, 0.25) is 5.91 Å². The van der Waals surface area contributed by atoms with Gasteiger partial charge in [0.1, 0.15) is 0 Å². The van der Waals surface area contributed by atoms with Crippen molar-refractivity contribution in [2.24, 2.45) is 0 Å². The van der Waals surface area contributed by atoms with E-state index in [4.69, 9.17) is 4.74 Å². The second-order valence-corrected chi connectivity index (χ2v) is 5.42. The maximum Gasteiger partial charge on any atom is 0.241 e. The molecule has 2 heterocycles. The summed E-state index contributed by atoms with van der Waals surface area (Å²) in [6, 6.07) is 0.00459. The second-order valence-electron chi connectivity index (χ2n) is 5.42. The summed E-state index contributed by atoms with van der Waals surface area (Å²) < 4.78 is 5.79. The summed E-state index contributed by atoms with van der Waals surface area (Å²) in [7, 11) is 0. The fraction of sp³-hybridized carbons (Fsp3) is 0.923. The normalized spacial score (nSPS) is 38.1. The van der Waals surface area contributed by atoms with Crippen molar-refractivity contribution in [2.45, 2.75) is 64.3 Å². The molecule has 2 saturated heterocycles. The maximum atomic E-state index is 12.2. The Bertz CT molecular complexity index is 287. The summed E-state index contributed by atoms with van der Waals surface area (Å²) in [5.41, 5.74) is -0.132. The van der Waals surface area contributed by atoms with Crippen molar-refractivity contribution in [3.05, 3.63) is 0 Å². The van der Waals surface area contributed by atoms with E-state index in [1.165, 1.54) is 0 Å². The van der Waals surface area contributed by atoms with Gasteiger partial charge in [0.25, 0.3) is 0 Å². The highest BCUT2D eigenvalue weighted by atomic mass is 16.5. The molecule has 0 aromatic carbocycles. The van der Waals surface area contributed by atoms with Gasteiger partial charge in [-0.15, -0.1) is 0 Å². The number of carbonyl (C=O) groups is 1. The third-order valence-corrected chi connectivity index (χ3v) is 3.95. The number of ether oxygens (including phenoxy) is 1. The maximum absolute atomic E-state index is 12.2. The standard InChI is InChI=1S/C13H24N2O2/c1-4-10-12(16)15(11(5-2)14-10)9-13(3)7-6-8-17-13/h10-11,14H,4-9H2,1-3H3. The topological polar surface area (TPSA) is 41.6 Å². The minimum atomic E-state index is -0.132. The van der Waals surface area contributed by atoms with E-state index >= 15 is 0 Å². The zero-order chi connectivity index (χ0) is 12.5. The molecule has 0 bridgehead atoms. The molecule has 4 heteroatoms. The largest absolute Gasteiger partial charge is 0.373 e. The van der Waals surface area contributed by atoms with Gasteiger partial charge in [0.15, 0.2) is 0 Å². The lowest BCUT2D eigenvalue weighted by molar-refractivity contribution is -0.133. The van der Waals surface area contributed by atoms with Crippen LogP contribution in [0.1, 0.15) is 46.5 Å². The molecule has 3 atom stereocenters. The van der Waals surface area contributed by atoms with E-state index in [0.29, 0.717) is 0 Å². The first-order valence-electron chi connectivity index (χ1n) is 6.80. The van der Waals surface area contributed by atoms with Crippen molar-refractivity contribution in [1.29, 1.82) is 0 Å². The lowest BCUT2D eigenvalue weighted by atomic mass is 10.0. The lowest BCUT2D eigenvalue weighted by Gasteiger charge is -2.32. The fourth-order valence-electron chi connectivity index (χ4n) is 2.89. The highest BCUT2D eigenvalue weighted by molar-refractivity contribution is 5.84. The number of hydrogen-bond acceptors (Lipinski definition) is 3. The van der Waals surface area contributed by atoms with E-state index in [0.717, 1.165) is 38.8 Å². The van der Waals surface area contributed by atoms with E-state index < -0.39 is 0 Å². The summed E-state index contributed by atoms with van der Waals surface area (Å²) in [6.07, 6.45) is 4.18. The van der Waals surface area contributed by atoms with E-state index in [2.05, 4.69) is 26.1 Å². The fourth-order valence-corrected chi connectivity index (χ4v) is 2.89. The van der Waals surface area contributed by atoms with Gasteiger partial charge in [-0.2, -0.15) is 0 Å². The zero-order valence-electron chi connectivity index (χ0n) is 11.2. The Morgan fingerprint density at radius 1 is 1.47 bits per heavy atom. The van der Waals surface area contributed by atoms with E-state index in [1.54, 1.807) is 0 Å². The van der Waals surface area contributed by atoms with Crippen molar-refractivity contribution in [3.8, 4) is 0 Å². The molecule has 2 fully saturated rings. The molecule has 0 radical (unpaired) electrons. The summed E-state index contributed by atoms with van der Waals surface area (Å²) in [5, 5.41) is 3.40. The Hall–Kier alpha value is -0.610. The van der Waals surface area contributed by atoms with Crippen LogP contribution in [0.5, 0.6) is 0 Å². The molecule has 0 aromatic rings. The van der Waals surface area contributed by atoms with Gasteiger partial charge in [-0.05, 0) is 32.6 Å². The molecule has 1 amide bonds. The first-order valence-corrected chi connectivity index (χ1v) is 6.80. The average molecular weight is 240 g/mol. The van der Waals surface area contributed by atoms with Crippen LogP contribution in [0.25, 0.3) is 0 Å². The molecule has 3 unspecified atom stereocenters. The van der Waals surface area contributed by atoms with Crippen LogP contribution < -0.4 is 5.32 Å². The predicted molar refractivity (Wildman–Crippen MR) is 66.6 cm³/mol. The van der Waals surface area contributed by atoms with Crippen LogP contribution in [-0.2, 0) is 9.53 Å². The summed E-state index contributed by atoms with van der Waals surface area (Å²) in [4.78, 5) is 14.2. The van der Waals surface area contributed by atoms with Crippen LogP contribution in [-0.4, -0.2) is 41.8 Å². The molecule has 2 rings (SSSR count). The van der Waals surface area contributed by atoms with E-state index in [-0.39, 0.29) is 23.7 Å². The van der Waals surface area contributed by atoms with Crippen molar-refractivity contribution in [2.75, 3.05) is 13.2 Å². The van der Waals surface area contributed by atoms with Gasteiger partial charge in [0.05, 0.1) is 24.4 Å². The van der Waals surface area contributed by atoms with Gasteiger partial charge in [-0.25, -0.2) is 0 Å².